The second-order valence-electron chi connectivity index (χ2n) is 4.94. The quantitative estimate of drug-likeness (QED) is 0.271. The van der Waals surface area contributed by atoms with Crippen molar-refractivity contribution in [3.05, 3.63) is 90.7 Å². The Morgan fingerprint density at radius 1 is 0.680 bits per heavy atom. The monoisotopic (exact) mass is 718 g/mol. The summed E-state index contributed by atoms with van der Waals surface area (Å²) in [6, 6.07) is 19.8. The zero-order chi connectivity index (χ0) is 18.5. The van der Waals surface area contributed by atoms with E-state index < -0.39 is 9.02 Å². The number of alkyl halides is 2. The second kappa shape index (κ2) is 9.80. The van der Waals surface area contributed by atoms with Crippen molar-refractivity contribution in [3.63, 3.8) is 0 Å². The molecular weight excluding hydrogens is 712 g/mol. The predicted molar refractivity (Wildman–Crippen MR) is 127 cm³/mol. The summed E-state index contributed by atoms with van der Waals surface area (Å²) < 4.78 is 6.35. The van der Waals surface area contributed by atoms with E-state index in [1.54, 1.807) is 9.97 Å². The summed E-state index contributed by atoms with van der Waals surface area (Å²) in [6.45, 7) is 0. The third-order valence-electron chi connectivity index (χ3n) is 3.38. The lowest BCUT2D eigenvalue weighted by atomic mass is 10.1. The van der Waals surface area contributed by atoms with Crippen molar-refractivity contribution in [2.45, 2.75) is 9.02 Å². The first-order valence-corrected chi connectivity index (χ1v) is 12.0. The summed E-state index contributed by atoms with van der Waals surface area (Å²) in [6.07, 6.45) is 0. The average Bonchev–Trinajstić information content (AvgIpc) is 2.67. The number of rotatable bonds is 6. The third kappa shape index (κ3) is 4.98. The summed E-state index contributed by atoms with van der Waals surface area (Å²) in [5, 5.41) is 0. The van der Waals surface area contributed by atoms with E-state index in [-0.39, 0.29) is 0 Å². The molecule has 2 aromatic carbocycles. The molecule has 2 aromatic rings. The van der Waals surface area contributed by atoms with Crippen LogP contribution in [0.3, 0.4) is 0 Å². The van der Waals surface area contributed by atoms with Gasteiger partial charge in [-0.1, -0.05) is 124 Å². The number of ether oxygens (including phenoxy) is 1. The Kier molecular flexibility index (Phi) is 8.65. The highest BCUT2D eigenvalue weighted by Gasteiger charge is 2.45. The minimum absolute atomic E-state index is 0.779. The molecule has 0 spiro atoms. The van der Waals surface area contributed by atoms with E-state index in [0.29, 0.717) is 0 Å². The Hall–Kier alpha value is 0.760. The Balaban J connectivity index is 2.62. The molecule has 0 aliphatic rings. The largest absolute Gasteiger partial charge is 0.328 e. The van der Waals surface area contributed by atoms with Crippen molar-refractivity contribution in [1.82, 2.24) is 0 Å². The molecular formula is C18H12Br6O. The number of benzene rings is 2. The molecule has 2 unspecified atom stereocenters. The lowest BCUT2D eigenvalue weighted by molar-refractivity contribution is -0.00283. The minimum Gasteiger partial charge on any atom is -0.328 e. The zero-order valence-electron chi connectivity index (χ0n) is 12.6. The van der Waals surface area contributed by atoms with Gasteiger partial charge in [-0.2, -0.15) is 0 Å². The molecule has 132 valence electrons. The maximum Gasteiger partial charge on any atom is 0.183 e. The summed E-state index contributed by atoms with van der Waals surface area (Å²) in [5.41, 5.74) is 1.87. The Morgan fingerprint density at radius 2 is 1.00 bits per heavy atom. The second-order valence-corrected chi connectivity index (χ2v) is 9.80. The molecule has 0 bridgehead atoms. The van der Waals surface area contributed by atoms with Gasteiger partial charge < -0.3 is 4.74 Å². The smallest absolute Gasteiger partial charge is 0.183 e. The average molecular weight is 724 g/mol. The third-order valence-corrected chi connectivity index (χ3v) is 10.3. The van der Waals surface area contributed by atoms with Crippen molar-refractivity contribution in [2.24, 2.45) is 0 Å². The van der Waals surface area contributed by atoms with E-state index in [2.05, 4.69) is 95.6 Å². The fraction of sp³-hybridized carbons (Fsp3) is 0.111. The standard InChI is InChI=1S/C18H12Br6O/c19-11-15(21)17(23,13-7-3-1-4-8-13)25-18(24,16(22)12-20)14-9-5-2-6-10-14/h1-12H. The van der Waals surface area contributed by atoms with Gasteiger partial charge in [0.15, 0.2) is 9.02 Å². The van der Waals surface area contributed by atoms with Gasteiger partial charge in [0.05, 0.1) is 0 Å². The fourth-order valence-electron chi connectivity index (χ4n) is 2.13. The minimum atomic E-state index is -0.924. The molecule has 0 aliphatic heterocycles. The van der Waals surface area contributed by atoms with Crippen LogP contribution in [0.5, 0.6) is 0 Å². The molecule has 7 heteroatoms. The van der Waals surface area contributed by atoms with Crippen molar-refractivity contribution in [3.8, 4) is 0 Å². The molecule has 0 fully saturated rings. The van der Waals surface area contributed by atoms with Crippen molar-refractivity contribution >= 4 is 95.6 Å². The lowest BCUT2D eigenvalue weighted by Crippen LogP contribution is -2.34. The maximum atomic E-state index is 6.65. The molecule has 0 amide bonds. The van der Waals surface area contributed by atoms with Crippen LogP contribution in [0.4, 0.5) is 0 Å². The predicted octanol–water partition coefficient (Wildman–Crippen LogP) is 8.76. The number of hydrogen-bond donors (Lipinski definition) is 0. The number of hydrogen-bond acceptors (Lipinski definition) is 1. The van der Waals surface area contributed by atoms with Crippen LogP contribution < -0.4 is 0 Å². The van der Waals surface area contributed by atoms with E-state index in [1.165, 1.54) is 0 Å². The van der Waals surface area contributed by atoms with E-state index in [9.17, 15) is 0 Å². The van der Waals surface area contributed by atoms with E-state index in [4.69, 9.17) is 4.74 Å². The Bertz CT molecular complexity index is 696. The summed E-state index contributed by atoms with van der Waals surface area (Å²) in [7, 11) is 0. The molecule has 0 aromatic heterocycles. The van der Waals surface area contributed by atoms with Gasteiger partial charge in [0.2, 0.25) is 0 Å². The van der Waals surface area contributed by atoms with Crippen LogP contribution in [0.1, 0.15) is 11.1 Å². The highest BCUT2D eigenvalue weighted by Crippen LogP contribution is 2.54. The Labute approximate surface area is 198 Å². The Morgan fingerprint density at radius 3 is 1.28 bits per heavy atom. The number of halogens is 6. The van der Waals surface area contributed by atoms with Gasteiger partial charge in [-0.15, -0.1) is 0 Å². The van der Waals surface area contributed by atoms with Crippen LogP contribution in [-0.4, -0.2) is 0 Å². The SMILES string of the molecule is BrC=C(Br)C(Br)(OC(Br)(C(Br)=CBr)c1ccccc1)c1ccccc1. The highest BCUT2D eigenvalue weighted by atomic mass is 79.9. The molecule has 0 N–H and O–H groups in total. The topological polar surface area (TPSA) is 9.23 Å². The van der Waals surface area contributed by atoms with Crippen molar-refractivity contribution in [1.29, 1.82) is 0 Å². The van der Waals surface area contributed by atoms with E-state index >= 15 is 0 Å². The fourth-order valence-corrected chi connectivity index (χ4v) is 5.47. The molecule has 0 aliphatic carbocycles. The zero-order valence-corrected chi connectivity index (χ0v) is 22.1. The molecule has 0 saturated heterocycles. The van der Waals surface area contributed by atoms with Crippen LogP contribution in [-0.2, 0) is 13.8 Å². The highest BCUT2D eigenvalue weighted by molar-refractivity contribution is 9.15. The first-order valence-electron chi connectivity index (χ1n) is 7.00. The van der Waals surface area contributed by atoms with Crippen LogP contribution >= 0.6 is 95.6 Å². The van der Waals surface area contributed by atoms with Gasteiger partial charge in [0.25, 0.3) is 0 Å². The first kappa shape index (κ1) is 22.1. The van der Waals surface area contributed by atoms with Gasteiger partial charge in [-0.3, -0.25) is 0 Å². The van der Waals surface area contributed by atoms with Crippen LogP contribution in [0.15, 0.2) is 79.6 Å². The van der Waals surface area contributed by atoms with E-state index in [1.807, 2.05) is 60.7 Å². The lowest BCUT2D eigenvalue weighted by Gasteiger charge is -2.38. The van der Waals surface area contributed by atoms with Crippen molar-refractivity contribution in [2.75, 3.05) is 0 Å². The molecule has 0 heterocycles. The molecule has 0 radical (unpaired) electrons. The summed E-state index contributed by atoms with van der Waals surface area (Å²) >= 11 is 21.6. The molecule has 1 nitrogen and oxygen atoms in total. The molecule has 0 saturated carbocycles. The van der Waals surface area contributed by atoms with Gasteiger partial charge >= 0.3 is 0 Å². The van der Waals surface area contributed by atoms with Crippen molar-refractivity contribution < 1.29 is 4.74 Å². The van der Waals surface area contributed by atoms with Crippen LogP contribution in [0.25, 0.3) is 0 Å². The van der Waals surface area contributed by atoms with Crippen LogP contribution in [0.2, 0.25) is 0 Å². The van der Waals surface area contributed by atoms with Gasteiger partial charge in [-0.05, 0) is 53.0 Å². The summed E-state index contributed by atoms with van der Waals surface area (Å²) in [4.78, 5) is 3.55. The van der Waals surface area contributed by atoms with Crippen LogP contribution in [0, 0.1) is 0 Å². The molecule has 25 heavy (non-hydrogen) atoms. The summed E-state index contributed by atoms with van der Waals surface area (Å²) in [5.74, 6) is 0. The van der Waals surface area contributed by atoms with Gasteiger partial charge in [0.1, 0.15) is 0 Å². The maximum absolute atomic E-state index is 6.65. The van der Waals surface area contributed by atoms with Gasteiger partial charge in [0, 0.05) is 8.96 Å². The first-order chi connectivity index (χ1) is 11.9. The molecule has 2 atom stereocenters. The van der Waals surface area contributed by atoms with Gasteiger partial charge in [-0.25, -0.2) is 0 Å². The molecule has 2 rings (SSSR count). The normalized spacial score (nSPS) is 17.7. The van der Waals surface area contributed by atoms with E-state index in [0.717, 1.165) is 20.1 Å².